The minimum absolute atomic E-state index is 0.359. The van der Waals surface area contributed by atoms with Crippen molar-refractivity contribution in [3.8, 4) is 0 Å². The Kier molecular flexibility index (Phi) is 3.60. The van der Waals surface area contributed by atoms with Gasteiger partial charge in [-0.25, -0.2) is 0 Å². The van der Waals surface area contributed by atoms with Crippen LogP contribution in [0.2, 0.25) is 0 Å². The number of amides is 1. The molecule has 1 heterocycles. The summed E-state index contributed by atoms with van der Waals surface area (Å²) in [6, 6.07) is 0.744. The fourth-order valence-electron chi connectivity index (χ4n) is 3.66. The van der Waals surface area contributed by atoms with Crippen LogP contribution in [0, 0.1) is 11.8 Å². The summed E-state index contributed by atoms with van der Waals surface area (Å²) >= 11 is 0. The number of hydrogen-bond donors (Lipinski definition) is 0. The van der Waals surface area contributed by atoms with Crippen molar-refractivity contribution in [2.24, 2.45) is 11.8 Å². The summed E-state index contributed by atoms with van der Waals surface area (Å²) in [4.78, 5) is 17.1. The van der Waals surface area contributed by atoms with Gasteiger partial charge in [-0.1, -0.05) is 12.8 Å². The van der Waals surface area contributed by atoms with Gasteiger partial charge in [0.2, 0.25) is 5.91 Å². The Hall–Kier alpha value is -0.570. The lowest BCUT2D eigenvalue weighted by Crippen LogP contribution is -2.52. The van der Waals surface area contributed by atoms with E-state index in [1.54, 1.807) is 0 Å². The molecule has 3 fully saturated rings. The van der Waals surface area contributed by atoms with E-state index in [2.05, 4.69) is 16.7 Å². The van der Waals surface area contributed by atoms with Crippen molar-refractivity contribution < 1.29 is 4.79 Å². The fraction of sp³-hybridized carbons (Fsp3) is 0.933. The van der Waals surface area contributed by atoms with Crippen LogP contribution >= 0.6 is 0 Å². The molecule has 0 radical (unpaired) electrons. The third-order valence-corrected chi connectivity index (χ3v) is 5.21. The highest BCUT2D eigenvalue weighted by molar-refractivity contribution is 5.79. The molecule has 0 N–H and O–H groups in total. The lowest BCUT2D eigenvalue weighted by Gasteiger charge is -2.39. The van der Waals surface area contributed by atoms with Crippen molar-refractivity contribution in [3.05, 3.63) is 0 Å². The number of carbonyl (C=O) groups excluding carboxylic acids is 1. The van der Waals surface area contributed by atoms with Gasteiger partial charge in [0, 0.05) is 38.1 Å². The first-order chi connectivity index (χ1) is 8.75. The summed E-state index contributed by atoms with van der Waals surface area (Å²) in [5.74, 6) is 1.76. The second-order valence-electron chi connectivity index (χ2n) is 6.42. The third kappa shape index (κ3) is 2.56. The highest BCUT2D eigenvalue weighted by Gasteiger charge is 2.35. The van der Waals surface area contributed by atoms with E-state index in [-0.39, 0.29) is 0 Å². The molecule has 3 rings (SSSR count). The van der Waals surface area contributed by atoms with E-state index in [0.717, 1.165) is 51.0 Å². The zero-order valence-corrected chi connectivity index (χ0v) is 11.6. The van der Waals surface area contributed by atoms with E-state index >= 15 is 0 Å². The highest BCUT2D eigenvalue weighted by atomic mass is 16.2. The second-order valence-corrected chi connectivity index (χ2v) is 6.42. The van der Waals surface area contributed by atoms with Crippen molar-refractivity contribution in [1.82, 2.24) is 9.80 Å². The summed E-state index contributed by atoms with van der Waals surface area (Å²) < 4.78 is 0. The molecule has 0 aromatic rings. The van der Waals surface area contributed by atoms with Gasteiger partial charge in [0.05, 0.1) is 0 Å². The highest BCUT2D eigenvalue weighted by Crippen LogP contribution is 2.35. The number of hydrogen-bond acceptors (Lipinski definition) is 2. The van der Waals surface area contributed by atoms with E-state index in [1.807, 2.05) is 0 Å². The normalized spacial score (nSPS) is 28.6. The Labute approximate surface area is 111 Å². The number of carbonyl (C=O) groups is 1. The van der Waals surface area contributed by atoms with Crippen LogP contribution in [0.1, 0.15) is 45.4 Å². The van der Waals surface area contributed by atoms with Crippen molar-refractivity contribution in [2.75, 3.05) is 26.2 Å². The third-order valence-electron chi connectivity index (χ3n) is 5.21. The summed E-state index contributed by atoms with van der Waals surface area (Å²) in [7, 11) is 0. The number of rotatable bonds is 3. The molecular weight excluding hydrogens is 224 g/mol. The molecule has 102 valence electrons. The molecule has 1 amide bonds. The molecule has 18 heavy (non-hydrogen) atoms. The number of nitrogens with zero attached hydrogens (tertiary/aromatic N) is 2. The molecule has 0 spiro atoms. The average molecular weight is 250 g/mol. The standard InChI is InChI=1S/C15H26N2O/c1-12(13-6-7-13)16-8-10-17(11-9-16)15(18)14-4-2-3-5-14/h12-14H,2-11H2,1H3. The van der Waals surface area contributed by atoms with Gasteiger partial charge in [0.25, 0.3) is 0 Å². The van der Waals surface area contributed by atoms with Crippen LogP contribution in [-0.2, 0) is 4.79 Å². The predicted octanol–water partition coefficient (Wildman–Crippen LogP) is 2.12. The molecule has 2 saturated carbocycles. The Balaban J connectivity index is 1.48. The van der Waals surface area contributed by atoms with Crippen LogP contribution < -0.4 is 0 Å². The van der Waals surface area contributed by atoms with Crippen LogP contribution in [0.4, 0.5) is 0 Å². The molecule has 2 aliphatic carbocycles. The van der Waals surface area contributed by atoms with Gasteiger partial charge in [-0.3, -0.25) is 9.69 Å². The van der Waals surface area contributed by atoms with E-state index in [1.165, 1.54) is 25.7 Å². The van der Waals surface area contributed by atoms with Crippen LogP contribution in [-0.4, -0.2) is 47.9 Å². The first-order valence-corrected chi connectivity index (χ1v) is 7.78. The first-order valence-electron chi connectivity index (χ1n) is 7.78. The van der Waals surface area contributed by atoms with E-state index in [0.29, 0.717) is 11.8 Å². The van der Waals surface area contributed by atoms with Gasteiger partial charge < -0.3 is 4.90 Å². The Morgan fingerprint density at radius 3 is 2.17 bits per heavy atom. The zero-order chi connectivity index (χ0) is 12.5. The minimum Gasteiger partial charge on any atom is -0.340 e. The van der Waals surface area contributed by atoms with Crippen LogP contribution in [0.5, 0.6) is 0 Å². The lowest BCUT2D eigenvalue weighted by molar-refractivity contribution is -0.137. The smallest absolute Gasteiger partial charge is 0.225 e. The average Bonchev–Trinajstić information content (AvgIpc) is 3.12. The summed E-state index contributed by atoms with van der Waals surface area (Å²) in [6.45, 7) is 6.48. The quantitative estimate of drug-likeness (QED) is 0.766. The summed E-state index contributed by atoms with van der Waals surface area (Å²) in [5.41, 5.74) is 0. The fourth-order valence-corrected chi connectivity index (χ4v) is 3.66. The molecule has 3 aliphatic rings. The molecule has 0 aromatic carbocycles. The van der Waals surface area contributed by atoms with Crippen molar-refractivity contribution in [3.63, 3.8) is 0 Å². The van der Waals surface area contributed by atoms with Crippen molar-refractivity contribution in [2.45, 2.75) is 51.5 Å². The first kappa shape index (κ1) is 12.5. The Morgan fingerprint density at radius 2 is 1.61 bits per heavy atom. The van der Waals surface area contributed by atoms with E-state index in [9.17, 15) is 4.79 Å². The summed E-state index contributed by atoms with van der Waals surface area (Å²) in [6.07, 6.45) is 7.63. The van der Waals surface area contributed by atoms with E-state index in [4.69, 9.17) is 0 Å². The molecule has 1 aliphatic heterocycles. The van der Waals surface area contributed by atoms with Gasteiger partial charge in [-0.2, -0.15) is 0 Å². The van der Waals surface area contributed by atoms with Crippen LogP contribution in [0.3, 0.4) is 0 Å². The van der Waals surface area contributed by atoms with Crippen molar-refractivity contribution in [1.29, 1.82) is 0 Å². The van der Waals surface area contributed by atoms with Gasteiger partial charge in [-0.05, 0) is 38.5 Å². The topological polar surface area (TPSA) is 23.6 Å². The molecule has 1 atom stereocenters. The van der Waals surface area contributed by atoms with Crippen LogP contribution in [0.25, 0.3) is 0 Å². The Morgan fingerprint density at radius 1 is 1.00 bits per heavy atom. The Bertz CT molecular complexity index is 300. The maximum atomic E-state index is 12.3. The number of piperazine rings is 1. The monoisotopic (exact) mass is 250 g/mol. The van der Waals surface area contributed by atoms with E-state index < -0.39 is 0 Å². The molecule has 0 bridgehead atoms. The molecule has 3 heteroatoms. The largest absolute Gasteiger partial charge is 0.340 e. The second kappa shape index (κ2) is 5.20. The molecular formula is C15H26N2O. The van der Waals surface area contributed by atoms with Gasteiger partial charge in [0.1, 0.15) is 0 Å². The van der Waals surface area contributed by atoms with Gasteiger partial charge in [-0.15, -0.1) is 0 Å². The minimum atomic E-state index is 0.359. The van der Waals surface area contributed by atoms with Crippen LogP contribution in [0.15, 0.2) is 0 Å². The molecule has 1 saturated heterocycles. The van der Waals surface area contributed by atoms with Crippen molar-refractivity contribution >= 4 is 5.91 Å². The lowest BCUT2D eigenvalue weighted by atomic mass is 10.1. The summed E-state index contributed by atoms with van der Waals surface area (Å²) in [5, 5.41) is 0. The predicted molar refractivity (Wildman–Crippen MR) is 72.3 cm³/mol. The maximum Gasteiger partial charge on any atom is 0.225 e. The molecule has 3 nitrogen and oxygen atoms in total. The van der Waals surface area contributed by atoms with Gasteiger partial charge in [0.15, 0.2) is 0 Å². The maximum absolute atomic E-state index is 12.3. The zero-order valence-electron chi connectivity index (χ0n) is 11.6. The SMILES string of the molecule is CC(C1CC1)N1CCN(C(=O)C2CCCC2)CC1. The van der Waals surface area contributed by atoms with Gasteiger partial charge >= 0.3 is 0 Å². The molecule has 0 aromatic heterocycles. The molecule has 1 unspecified atom stereocenters.